The van der Waals surface area contributed by atoms with Gasteiger partial charge in [0.1, 0.15) is 0 Å². The molecule has 14 heavy (non-hydrogen) atoms. The van der Waals surface area contributed by atoms with E-state index in [1.54, 1.807) is 0 Å². The molecule has 0 aromatic carbocycles. The molecule has 1 aliphatic heterocycles. The summed E-state index contributed by atoms with van der Waals surface area (Å²) in [5.41, 5.74) is 0. The zero-order valence-electron chi connectivity index (χ0n) is 8.10. The third-order valence-electron chi connectivity index (χ3n) is 2.33. The van der Waals surface area contributed by atoms with Gasteiger partial charge in [-0.3, -0.25) is 4.90 Å². The minimum absolute atomic E-state index is 0.299. The number of methoxy groups -OCH3 is 2. The summed E-state index contributed by atoms with van der Waals surface area (Å²) in [4.78, 5) is 23.1. The summed E-state index contributed by atoms with van der Waals surface area (Å²) in [7, 11) is 2.68. The van der Waals surface area contributed by atoms with Crippen LogP contribution in [-0.4, -0.2) is 55.0 Å². The maximum atomic E-state index is 11.3. The predicted molar refractivity (Wildman–Crippen MR) is 45.9 cm³/mol. The molecule has 0 bridgehead atoms. The second kappa shape index (κ2) is 4.28. The van der Waals surface area contributed by atoms with E-state index in [-0.39, 0.29) is 0 Å². The molecule has 1 rings (SSSR count). The van der Waals surface area contributed by atoms with Gasteiger partial charge in [-0.15, -0.1) is 0 Å². The van der Waals surface area contributed by atoms with Crippen LogP contribution in [0, 0.1) is 0 Å². The average Bonchev–Trinajstić information content (AvgIpc) is 2.59. The van der Waals surface area contributed by atoms with Gasteiger partial charge in [-0.05, 0) is 6.42 Å². The predicted octanol–water partition coefficient (Wildman–Crippen LogP) is -0.0733. The number of carbonyl (C=O) groups excluding carboxylic acids is 1. The minimum atomic E-state index is -1.13. The Morgan fingerprint density at radius 1 is 1.43 bits per heavy atom. The van der Waals surface area contributed by atoms with E-state index < -0.39 is 24.2 Å². The van der Waals surface area contributed by atoms with Crippen LogP contribution in [0.4, 0.5) is 4.79 Å². The van der Waals surface area contributed by atoms with Crippen LogP contribution in [0.3, 0.4) is 0 Å². The van der Waals surface area contributed by atoms with Crippen LogP contribution < -0.4 is 0 Å². The second-order valence-corrected chi connectivity index (χ2v) is 3.01. The first-order valence-corrected chi connectivity index (χ1v) is 4.22. The van der Waals surface area contributed by atoms with E-state index in [1.807, 2.05) is 0 Å². The molecule has 0 aromatic rings. The van der Waals surface area contributed by atoms with Crippen LogP contribution >= 0.6 is 0 Å². The molecule has 2 atom stereocenters. The molecule has 6 heteroatoms. The summed E-state index contributed by atoms with van der Waals surface area (Å²) in [6, 6.07) is -0.831. The summed E-state index contributed by atoms with van der Waals surface area (Å²) < 4.78 is 9.54. The Morgan fingerprint density at radius 2 is 2.07 bits per heavy atom. The molecule has 1 amide bonds. The maximum Gasteiger partial charge on any atom is 0.408 e. The van der Waals surface area contributed by atoms with E-state index in [2.05, 4.69) is 4.74 Å². The number of hydrogen-bond acceptors (Lipinski definition) is 4. The monoisotopic (exact) mass is 203 g/mol. The number of carboxylic acid groups (broad SMARTS) is 1. The quantitative estimate of drug-likeness (QED) is 0.635. The zero-order valence-corrected chi connectivity index (χ0v) is 8.10. The Bertz CT molecular complexity index is 242. The van der Waals surface area contributed by atoms with Gasteiger partial charge in [0.25, 0.3) is 0 Å². The van der Waals surface area contributed by atoms with Crippen LogP contribution in [0.5, 0.6) is 0 Å². The second-order valence-electron chi connectivity index (χ2n) is 3.01. The molecular weight excluding hydrogens is 190 g/mol. The summed E-state index contributed by atoms with van der Waals surface area (Å²) in [5.74, 6) is -0.572. The minimum Gasteiger partial charge on any atom is -0.467 e. The summed E-state index contributed by atoms with van der Waals surface area (Å²) >= 11 is 0. The van der Waals surface area contributed by atoms with E-state index in [1.165, 1.54) is 14.2 Å². The molecule has 1 saturated heterocycles. The molecule has 1 heterocycles. The van der Waals surface area contributed by atoms with Crippen LogP contribution in [0.15, 0.2) is 0 Å². The highest BCUT2D eigenvalue weighted by atomic mass is 16.5. The van der Waals surface area contributed by atoms with Gasteiger partial charge in [-0.2, -0.15) is 0 Å². The van der Waals surface area contributed by atoms with Gasteiger partial charge < -0.3 is 14.6 Å². The van der Waals surface area contributed by atoms with Crippen molar-refractivity contribution in [2.45, 2.75) is 18.6 Å². The molecule has 0 aromatic heterocycles. The van der Waals surface area contributed by atoms with Crippen molar-refractivity contribution in [3.05, 3.63) is 0 Å². The molecule has 0 spiro atoms. The van der Waals surface area contributed by atoms with Crippen molar-refractivity contribution in [1.29, 1.82) is 0 Å². The lowest BCUT2D eigenvalue weighted by atomic mass is 10.2. The van der Waals surface area contributed by atoms with E-state index >= 15 is 0 Å². The van der Waals surface area contributed by atoms with E-state index in [4.69, 9.17) is 9.84 Å². The van der Waals surface area contributed by atoms with Gasteiger partial charge in [-0.25, -0.2) is 9.59 Å². The third-order valence-corrected chi connectivity index (χ3v) is 2.33. The van der Waals surface area contributed by atoms with Crippen molar-refractivity contribution in [2.75, 3.05) is 20.8 Å². The van der Waals surface area contributed by atoms with Crippen molar-refractivity contribution in [1.82, 2.24) is 4.90 Å². The van der Waals surface area contributed by atoms with Crippen LogP contribution in [0.2, 0.25) is 0 Å². The highest BCUT2D eigenvalue weighted by Crippen LogP contribution is 2.21. The molecular formula is C8H13NO5. The van der Waals surface area contributed by atoms with Gasteiger partial charge in [-0.1, -0.05) is 0 Å². The smallest absolute Gasteiger partial charge is 0.408 e. The first-order valence-electron chi connectivity index (χ1n) is 4.22. The van der Waals surface area contributed by atoms with Gasteiger partial charge in [0.05, 0.1) is 13.2 Å². The summed E-state index contributed by atoms with van der Waals surface area (Å²) in [6.45, 7) is 0.299. The fraction of sp³-hybridized carbons (Fsp3) is 0.750. The molecule has 80 valence electrons. The van der Waals surface area contributed by atoms with Gasteiger partial charge in [0.15, 0.2) is 6.04 Å². The molecule has 1 fully saturated rings. The van der Waals surface area contributed by atoms with Crippen LogP contribution in [0.1, 0.15) is 6.42 Å². The van der Waals surface area contributed by atoms with Crippen LogP contribution in [-0.2, 0) is 14.3 Å². The third kappa shape index (κ3) is 1.79. The van der Waals surface area contributed by atoms with Gasteiger partial charge >= 0.3 is 12.1 Å². The Kier molecular flexibility index (Phi) is 3.29. The number of ether oxygens (including phenoxy) is 2. The van der Waals surface area contributed by atoms with Crippen molar-refractivity contribution in [3.8, 4) is 0 Å². The number of esters is 1. The number of hydrogen-bond donors (Lipinski definition) is 1. The first kappa shape index (κ1) is 10.8. The van der Waals surface area contributed by atoms with Gasteiger partial charge in [0.2, 0.25) is 0 Å². The highest BCUT2D eigenvalue weighted by molar-refractivity contribution is 5.82. The first-order chi connectivity index (χ1) is 6.61. The lowest BCUT2D eigenvalue weighted by Gasteiger charge is -2.22. The van der Waals surface area contributed by atoms with Crippen molar-refractivity contribution < 1.29 is 24.2 Å². The number of rotatable bonds is 2. The fourth-order valence-corrected chi connectivity index (χ4v) is 1.63. The SMILES string of the molecule is COC(=O)C1C(OC)CCN1C(=O)O. The molecule has 6 nitrogen and oxygen atoms in total. The van der Waals surface area contributed by atoms with E-state index in [0.29, 0.717) is 13.0 Å². The molecule has 0 saturated carbocycles. The molecule has 1 N–H and O–H groups in total. The van der Waals surface area contributed by atoms with Crippen molar-refractivity contribution in [3.63, 3.8) is 0 Å². The Hall–Kier alpha value is -1.30. The molecule has 1 aliphatic rings. The Morgan fingerprint density at radius 3 is 2.50 bits per heavy atom. The molecule has 2 unspecified atom stereocenters. The summed E-state index contributed by atoms with van der Waals surface area (Å²) in [6.07, 6.45) is -1.01. The highest BCUT2D eigenvalue weighted by Gasteiger charge is 2.43. The largest absolute Gasteiger partial charge is 0.467 e. The number of nitrogens with zero attached hydrogens (tertiary/aromatic N) is 1. The normalized spacial score (nSPS) is 26.3. The zero-order chi connectivity index (χ0) is 10.7. The Balaban J connectivity index is 2.80. The topological polar surface area (TPSA) is 76.1 Å². The maximum absolute atomic E-state index is 11.3. The van der Waals surface area contributed by atoms with Crippen molar-refractivity contribution >= 4 is 12.1 Å². The number of amides is 1. The standard InChI is InChI=1S/C8H13NO5/c1-13-5-3-4-9(8(11)12)6(5)7(10)14-2/h5-6H,3-4H2,1-2H3,(H,11,12). The molecule has 0 aliphatic carbocycles. The Labute approximate surface area is 81.4 Å². The number of likely N-dealkylation sites (tertiary alicyclic amines) is 1. The van der Waals surface area contributed by atoms with E-state index in [9.17, 15) is 9.59 Å². The van der Waals surface area contributed by atoms with Crippen molar-refractivity contribution in [2.24, 2.45) is 0 Å². The van der Waals surface area contributed by atoms with Crippen LogP contribution in [0.25, 0.3) is 0 Å². The summed E-state index contributed by atoms with van der Waals surface area (Å²) in [5, 5.41) is 8.80. The number of carbonyl (C=O) groups is 2. The lowest BCUT2D eigenvalue weighted by Crippen LogP contribution is -2.45. The lowest BCUT2D eigenvalue weighted by molar-refractivity contribution is -0.148. The fourth-order valence-electron chi connectivity index (χ4n) is 1.63. The average molecular weight is 203 g/mol. The molecule has 0 radical (unpaired) electrons. The van der Waals surface area contributed by atoms with Gasteiger partial charge in [0, 0.05) is 13.7 Å². The van der Waals surface area contributed by atoms with E-state index in [0.717, 1.165) is 4.90 Å².